The second-order valence-corrected chi connectivity index (χ2v) is 6.73. The van der Waals surface area contributed by atoms with E-state index in [0.717, 1.165) is 16.1 Å². The molecule has 0 aliphatic carbocycles. The van der Waals surface area contributed by atoms with Crippen LogP contribution in [0.1, 0.15) is 29.0 Å². The summed E-state index contributed by atoms with van der Waals surface area (Å²) in [6.45, 7) is 2.20. The molecule has 3 N–H and O–H groups in total. The number of aryl methyl sites for hydroxylation is 1. The van der Waals surface area contributed by atoms with Crippen molar-refractivity contribution in [2.24, 2.45) is 0 Å². The smallest absolute Gasteiger partial charge is 0.321 e. The fourth-order valence-corrected chi connectivity index (χ4v) is 3.27. The Morgan fingerprint density at radius 2 is 2.17 bits per heavy atom. The highest BCUT2D eigenvalue weighted by molar-refractivity contribution is 7.15. The van der Waals surface area contributed by atoms with Crippen molar-refractivity contribution in [3.63, 3.8) is 0 Å². The maximum absolute atomic E-state index is 11.8. The van der Waals surface area contributed by atoms with Crippen LogP contribution in [0.2, 0.25) is 5.02 Å². The second-order valence-electron chi connectivity index (χ2n) is 5.21. The second kappa shape index (κ2) is 8.65. The Labute approximate surface area is 148 Å². The summed E-state index contributed by atoms with van der Waals surface area (Å²) in [6.07, 6.45) is 1.12. The molecule has 0 saturated heterocycles. The number of benzene rings is 1. The quantitative estimate of drug-likeness (QED) is 0.651. The summed E-state index contributed by atoms with van der Waals surface area (Å²) >= 11 is 7.40. The first-order valence-electron chi connectivity index (χ1n) is 7.41. The lowest BCUT2D eigenvalue weighted by atomic mass is 10.1. The number of carbonyl (C=O) groups excluding carboxylic acids is 1. The van der Waals surface area contributed by atoms with Gasteiger partial charge < -0.3 is 10.4 Å². The average Bonchev–Trinajstić information content (AvgIpc) is 2.83. The standard InChI is InChI=1S/C16H18ClN3O3S/c1-10-13(9-11-4-2-5-12(17)8-11)24-16(19-10)20-15(23)18-7-3-6-14(21)22/h2,4-5,8H,3,6-7,9H2,1H3,(H,21,22)(H2,18,19,20,23). The Hall–Kier alpha value is -2.12. The number of carboxylic acids is 1. The Kier molecular flexibility index (Phi) is 6.57. The fraction of sp³-hybridized carbons (Fsp3) is 0.312. The number of amides is 2. The van der Waals surface area contributed by atoms with E-state index in [1.54, 1.807) is 0 Å². The van der Waals surface area contributed by atoms with Gasteiger partial charge in [0.05, 0.1) is 5.69 Å². The van der Waals surface area contributed by atoms with Gasteiger partial charge in [-0.15, -0.1) is 11.3 Å². The van der Waals surface area contributed by atoms with Gasteiger partial charge in [-0.1, -0.05) is 23.7 Å². The van der Waals surface area contributed by atoms with Crippen LogP contribution in [0.25, 0.3) is 0 Å². The number of nitrogens with one attached hydrogen (secondary N) is 2. The summed E-state index contributed by atoms with van der Waals surface area (Å²) in [5, 5.41) is 15.0. The van der Waals surface area contributed by atoms with Crippen LogP contribution >= 0.6 is 22.9 Å². The molecule has 8 heteroatoms. The summed E-state index contributed by atoms with van der Waals surface area (Å²) in [6, 6.07) is 7.24. The van der Waals surface area contributed by atoms with E-state index in [0.29, 0.717) is 29.5 Å². The minimum atomic E-state index is -0.876. The van der Waals surface area contributed by atoms with Crippen LogP contribution < -0.4 is 10.6 Å². The lowest BCUT2D eigenvalue weighted by Crippen LogP contribution is -2.29. The largest absolute Gasteiger partial charge is 0.481 e. The lowest BCUT2D eigenvalue weighted by molar-refractivity contribution is -0.137. The van der Waals surface area contributed by atoms with Gasteiger partial charge in [-0.05, 0) is 31.0 Å². The zero-order valence-electron chi connectivity index (χ0n) is 13.1. The first kappa shape index (κ1) is 18.2. The molecule has 1 heterocycles. The van der Waals surface area contributed by atoms with Gasteiger partial charge in [-0.3, -0.25) is 10.1 Å². The summed E-state index contributed by atoms with van der Waals surface area (Å²) in [7, 11) is 0. The SMILES string of the molecule is Cc1nc(NC(=O)NCCCC(=O)O)sc1Cc1cccc(Cl)c1. The van der Waals surface area contributed by atoms with Crippen LogP contribution in [-0.2, 0) is 11.2 Å². The molecule has 0 aliphatic rings. The van der Waals surface area contributed by atoms with E-state index < -0.39 is 5.97 Å². The number of hydrogen-bond acceptors (Lipinski definition) is 4. The third-order valence-electron chi connectivity index (χ3n) is 3.22. The molecular formula is C16H18ClN3O3S. The molecule has 2 aromatic rings. The Morgan fingerprint density at radius 3 is 2.88 bits per heavy atom. The minimum absolute atomic E-state index is 0.0282. The Balaban J connectivity index is 1.89. The van der Waals surface area contributed by atoms with E-state index in [1.165, 1.54) is 11.3 Å². The van der Waals surface area contributed by atoms with Crippen molar-refractivity contribution >= 4 is 40.1 Å². The van der Waals surface area contributed by atoms with Gasteiger partial charge in [-0.2, -0.15) is 0 Å². The molecule has 1 aromatic carbocycles. The van der Waals surface area contributed by atoms with Crippen LogP contribution in [0, 0.1) is 6.92 Å². The molecule has 0 atom stereocenters. The van der Waals surface area contributed by atoms with E-state index in [2.05, 4.69) is 15.6 Å². The highest BCUT2D eigenvalue weighted by atomic mass is 35.5. The number of aliphatic carboxylic acids is 1. The molecule has 24 heavy (non-hydrogen) atoms. The molecule has 6 nitrogen and oxygen atoms in total. The number of hydrogen-bond donors (Lipinski definition) is 3. The Morgan fingerprint density at radius 1 is 1.38 bits per heavy atom. The topological polar surface area (TPSA) is 91.3 Å². The number of halogens is 1. The van der Waals surface area contributed by atoms with E-state index >= 15 is 0 Å². The summed E-state index contributed by atoms with van der Waals surface area (Å²) < 4.78 is 0. The van der Waals surface area contributed by atoms with Crippen LogP contribution in [0.4, 0.5) is 9.93 Å². The molecule has 0 unspecified atom stereocenters. The van der Waals surface area contributed by atoms with Crippen molar-refractivity contribution in [3.8, 4) is 0 Å². The maximum atomic E-state index is 11.8. The van der Waals surface area contributed by atoms with E-state index in [9.17, 15) is 9.59 Å². The molecule has 1 aromatic heterocycles. The number of thiazole rings is 1. The normalized spacial score (nSPS) is 10.4. The van der Waals surface area contributed by atoms with E-state index in [1.807, 2.05) is 31.2 Å². The van der Waals surface area contributed by atoms with Crippen molar-refractivity contribution in [1.82, 2.24) is 10.3 Å². The van der Waals surface area contributed by atoms with Crippen molar-refractivity contribution in [1.29, 1.82) is 0 Å². The van der Waals surface area contributed by atoms with Gasteiger partial charge in [0.25, 0.3) is 0 Å². The van der Waals surface area contributed by atoms with Crippen molar-refractivity contribution in [2.75, 3.05) is 11.9 Å². The number of carbonyl (C=O) groups is 2. The molecule has 0 fully saturated rings. The Bertz CT molecular complexity index is 733. The number of rotatable bonds is 7. The zero-order chi connectivity index (χ0) is 17.5. The molecule has 0 bridgehead atoms. The van der Waals surface area contributed by atoms with Crippen molar-refractivity contribution in [2.45, 2.75) is 26.2 Å². The number of carboxylic acid groups (broad SMARTS) is 1. The van der Waals surface area contributed by atoms with Crippen LogP contribution in [0.5, 0.6) is 0 Å². The maximum Gasteiger partial charge on any atom is 0.321 e. The fourth-order valence-electron chi connectivity index (χ4n) is 2.06. The number of nitrogens with zero attached hydrogens (tertiary/aromatic N) is 1. The van der Waals surface area contributed by atoms with E-state index in [-0.39, 0.29) is 12.5 Å². The first-order chi connectivity index (χ1) is 11.4. The molecule has 0 aliphatic heterocycles. The average molecular weight is 368 g/mol. The van der Waals surface area contributed by atoms with Gasteiger partial charge in [0.2, 0.25) is 0 Å². The monoisotopic (exact) mass is 367 g/mol. The van der Waals surface area contributed by atoms with E-state index in [4.69, 9.17) is 16.7 Å². The minimum Gasteiger partial charge on any atom is -0.481 e. The van der Waals surface area contributed by atoms with Crippen molar-refractivity contribution < 1.29 is 14.7 Å². The third kappa shape index (κ3) is 5.82. The summed E-state index contributed by atoms with van der Waals surface area (Å²) in [5.41, 5.74) is 1.94. The first-order valence-corrected chi connectivity index (χ1v) is 8.61. The number of anilines is 1. The van der Waals surface area contributed by atoms with Gasteiger partial charge in [0, 0.05) is 29.3 Å². The lowest BCUT2D eigenvalue weighted by Gasteiger charge is -2.03. The molecule has 2 rings (SSSR count). The van der Waals surface area contributed by atoms with Crippen LogP contribution in [-0.4, -0.2) is 28.6 Å². The van der Waals surface area contributed by atoms with Crippen LogP contribution in [0.3, 0.4) is 0 Å². The molecule has 128 valence electrons. The highest BCUT2D eigenvalue weighted by Crippen LogP contribution is 2.26. The van der Waals surface area contributed by atoms with Crippen molar-refractivity contribution in [3.05, 3.63) is 45.4 Å². The van der Waals surface area contributed by atoms with Crippen LogP contribution in [0.15, 0.2) is 24.3 Å². The van der Waals surface area contributed by atoms with Gasteiger partial charge in [0.1, 0.15) is 0 Å². The van der Waals surface area contributed by atoms with Gasteiger partial charge in [0.15, 0.2) is 5.13 Å². The zero-order valence-corrected chi connectivity index (χ0v) is 14.7. The van der Waals surface area contributed by atoms with Gasteiger partial charge in [-0.25, -0.2) is 9.78 Å². The molecule has 0 saturated carbocycles. The molecular weight excluding hydrogens is 350 g/mol. The number of urea groups is 1. The predicted molar refractivity (Wildman–Crippen MR) is 95.0 cm³/mol. The molecule has 2 amide bonds. The summed E-state index contributed by atoms with van der Waals surface area (Å²) in [5.74, 6) is -0.876. The molecule has 0 spiro atoms. The highest BCUT2D eigenvalue weighted by Gasteiger charge is 2.11. The van der Waals surface area contributed by atoms with Gasteiger partial charge >= 0.3 is 12.0 Å². The third-order valence-corrected chi connectivity index (χ3v) is 4.53. The number of aromatic nitrogens is 1. The molecule has 0 radical (unpaired) electrons. The summed E-state index contributed by atoms with van der Waals surface area (Å²) in [4.78, 5) is 27.6. The predicted octanol–water partition coefficient (Wildman–Crippen LogP) is 3.68.